The molecule has 0 radical (unpaired) electrons. The summed E-state index contributed by atoms with van der Waals surface area (Å²) >= 11 is 12.0. The number of nitrogens with one attached hydrogen (secondary N) is 1. The van der Waals surface area contributed by atoms with Crippen molar-refractivity contribution in [2.45, 2.75) is 38.6 Å². The third-order valence-corrected chi connectivity index (χ3v) is 4.05. The lowest BCUT2D eigenvalue weighted by Gasteiger charge is -2.19. The quantitative estimate of drug-likeness (QED) is 0.723. The fraction of sp³-hybridized carbons (Fsp3) is 0.571. The second-order valence-corrected chi connectivity index (χ2v) is 5.40. The molecule has 1 N–H and O–H groups in total. The van der Waals surface area contributed by atoms with Crippen molar-refractivity contribution in [2.75, 3.05) is 6.54 Å². The number of rotatable bonds is 7. The molecule has 1 aromatic carbocycles. The minimum atomic E-state index is -0.347. The molecule has 0 aliphatic carbocycles. The largest absolute Gasteiger partial charge is 0.311 e. The Morgan fingerprint density at radius 3 is 2.56 bits per heavy atom. The molecule has 4 heteroatoms. The van der Waals surface area contributed by atoms with Crippen LogP contribution in [0.5, 0.6) is 0 Å². The molecule has 1 unspecified atom stereocenters. The van der Waals surface area contributed by atoms with Gasteiger partial charge >= 0.3 is 0 Å². The van der Waals surface area contributed by atoms with E-state index in [1.807, 2.05) is 0 Å². The highest BCUT2D eigenvalue weighted by atomic mass is 35.5. The Balaban J connectivity index is 2.44. The molecule has 0 bridgehead atoms. The van der Waals surface area contributed by atoms with Gasteiger partial charge in [-0.15, -0.1) is 11.6 Å². The van der Waals surface area contributed by atoms with Gasteiger partial charge < -0.3 is 5.32 Å². The zero-order chi connectivity index (χ0) is 13.5. The summed E-state index contributed by atoms with van der Waals surface area (Å²) in [6.07, 6.45) is 2.13. The molecule has 0 aliphatic heterocycles. The van der Waals surface area contributed by atoms with Crippen molar-refractivity contribution >= 4 is 23.2 Å². The third kappa shape index (κ3) is 4.42. The lowest BCUT2D eigenvalue weighted by molar-refractivity contribution is 0.444. The zero-order valence-electron chi connectivity index (χ0n) is 10.8. The Morgan fingerprint density at radius 1 is 1.28 bits per heavy atom. The first-order valence-electron chi connectivity index (χ1n) is 6.37. The maximum absolute atomic E-state index is 13.6. The summed E-state index contributed by atoms with van der Waals surface area (Å²) in [4.78, 5) is 0. The number of benzene rings is 1. The molecule has 0 saturated heterocycles. The molecular formula is C14H20Cl2FN. The minimum absolute atomic E-state index is 0.0854. The fourth-order valence-electron chi connectivity index (χ4n) is 2.00. The average molecular weight is 292 g/mol. The summed E-state index contributed by atoms with van der Waals surface area (Å²) in [6, 6.07) is 5.03. The highest BCUT2D eigenvalue weighted by Gasteiger charge is 2.15. The van der Waals surface area contributed by atoms with Crippen LogP contribution in [0.25, 0.3) is 0 Å². The molecule has 0 amide bonds. The number of hydrogen-bond donors (Lipinski definition) is 1. The fourth-order valence-corrected chi connectivity index (χ4v) is 2.66. The van der Waals surface area contributed by atoms with E-state index >= 15 is 0 Å². The van der Waals surface area contributed by atoms with Crippen LogP contribution < -0.4 is 5.32 Å². The van der Waals surface area contributed by atoms with Gasteiger partial charge in [0.1, 0.15) is 5.82 Å². The Kier molecular flexibility index (Phi) is 6.98. The average Bonchev–Trinajstić information content (AvgIpc) is 2.36. The first kappa shape index (κ1) is 15.7. The summed E-state index contributed by atoms with van der Waals surface area (Å²) < 4.78 is 13.6. The van der Waals surface area contributed by atoms with Crippen molar-refractivity contribution < 1.29 is 4.39 Å². The molecule has 0 fully saturated rings. The highest BCUT2D eigenvalue weighted by Crippen LogP contribution is 2.19. The maximum Gasteiger partial charge on any atom is 0.146 e. The molecule has 1 atom stereocenters. The van der Waals surface area contributed by atoms with Crippen LogP contribution in [0.2, 0.25) is 5.02 Å². The zero-order valence-corrected chi connectivity index (χ0v) is 12.4. The number of hydrogen-bond acceptors (Lipinski definition) is 1. The van der Waals surface area contributed by atoms with Crippen LogP contribution in [0.15, 0.2) is 18.2 Å². The van der Waals surface area contributed by atoms with Crippen LogP contribution in [0.4, 0.5) is 4.39 Å². The molecule has 1 aromatic rings. The molecular weight excluding hydrogens is 272 g/mol. The molecule has 0 aliphatic rings. The molecule has 0 saturated carbocycles. The van der Waals surface area contributed by atoms with Gasteiger partial charge in [-0.25, -0.2) is 4.39 Å². The molecule has 1 nitrogen and oxygen atoms in total. The Bertz CT molecular complexity index is 367. The summed E-state index contributed by atoms with van der Waals surface area (Å²) in [5.41, 5.74) is 0.580. The van der Waals surface area contributed by atoms with Gasteiger partial charge in [0, 0.05) is 24.0 Å². The van der Waals surface area contributed by atoms with Crippen LogP contribution in [0.1, 0.15) is 32.3 Å². The van der Waals surface area contributed by atoms with Gasteiger partial charge in [0.2, 0.25) is 0 Å². The van der Waals surface area contributed by atoms with Gasteiger partial charge in [-0.3, -0.25) is 0 Å². The molecule has 102 valence electrons. The molecule has 0 heterocycles. The van der Waals surface area contributed by atoms with Crippen molar-refractivity contribution in [3.63, 3.8) is 0 Å². The SMILES string of the molecule is CCC(CC)C(Cl)CNCc1cccc(Cl)c1F. The van der Waals surface area contributed by atoms with Crippen LogP contribution in [-0.4, -0.2) is 11.9 Å². The standard InChI is InChI=1S/C14H20Cl2FN/c1-3-10(4-2)13(16)9-18-8-11-6-5-7-12(15)14(11)17/h5-7,10,13,18H,3-4,8-9H2,1-2H3. The Morgan fingerprint density at radius 2 is 1.94 bits per heavy atom. The second-order valence-electron chi connectivity index (χ2n) is 4.44. The van der Waals surface area contributed by atoms with E-state index in [0.29, 0.717) is 24.6 Å². The minimum Gasteiger partial charge on any atom is -0.311 e. The predicted molar refractivity (Wildman–Crippen MR) is 76.8 cm³/mol. The van der Waals surface area contributed by atoms with E-state index in [1.165, 1.54) is 0 Å². The van der Waals surface area contributed by atoms with Crippen molar-refractivity contribution in [3.05, 3.63) is 34.6 Å². The first-order chi connectivity index (χ1) is 8.60. The van der Waals surface area contributed by atoms with Crippen molar-refractivity contribution in [1.29, 1.82) is 0 Å². The maximum atomic E-state index is 13.6. The summed E-state index contributed by atoms with van der Waals surface area (Å²) in [7, 11) is 0. The third-order valence-electron chi connectivity index (χ3n) is 3.25. The Labute approximate surface area is 119 Å². The monoisotopic (exact) mass is 291 g/mol. The smallest absolute Gasteiger partial charge is 0.146 e. The predicted octanol–water partition coefficient (Wildman–Crippen LogP) is 4.61. The van der Waals surface area contributed by atoms with Gasteiger partial charge in [0.05, 0.1) is 5.02 Å². The van der Waals surface area contributed by atoms with Crippen LogP contribution in [0.3, 0.4) is 0 Å². The highest BCUT2D eigenvalue weighted by molar-refractivity contribution is 6.30. The van der Waals surface area contributed by atoms with Crippen LogP contribution in [0, 0.1) is 11.7 Å². The number of alkyl halides is 1. The van der Waals surface area contributed by atoms with E-state index < -0.39 is 0 Å². The molecule has 0 spiro atoms. The van der Waals surface area contributed by atoms with E-state index in [9.17, 15) is 4.39 Å². The Hall–Kier alpha value is -0.310. The van der Waals surface area contributed by atoms with Crippen LogP contribution >= 0.6 is 23.2 Å². The van der Waals surface area contributed by atoms with E-state index in [4.69, 9.17) is 23.2 Å². The summed E-state index contributed by atoms with van der Waals surface area (Å²) in [5, 5.41) is 3.44. The van der Waals surface area contributed by atoms with Crippen molar-refractivity contribution in [2.24, 2.45) is 5.92 Å². The first-order valence-corrected chi connectivity index (χ1v) is 7.19. The van der Waals surface area contributed by atoms with Gasteiger partial charge in [0.25, 0.3) is 0 Å². The van der Waals surface area contributed by atoms with E-state index in [1.54, 1.807) is 18.2 Å². The van der Waals surface area contributed by atoms with E-state index in [2.05, 4.69) is 19.2 Å². The van der Waals surface area contributed by atoms with Gasteiger partial charge in [0.15, 0.2) is 0 Å². The molecule has 1 rings (SSSR count). The molecule has 18 heavy (non-hydrogen) atoms. The van der Waals surface area contributed by atoms with E-state index in [-0.39, 0.29) is 16.2 Å². The molecule has 0 aromatic heterocycles. The van der Waals surface area contributed by atoms with Crippen LogP contribution in [-0.2, 0) is 6.54 Å². The normalized spacial score (nSPS) is 13.0. The van der Waals surface area contributed by atoms with E-state index in [0.717, 1.165) is 12.8 Å². The summed E-state index contributed by atoms with van der Waals surface area (Å²) in [5.74, 6) is 0.156. The van der Waals surface area contributed by atoms with Gasteiger partial charge in [-0.2, -0.15) is 0 Å². The number of halogens is 3. The lowest BCUT2D eigenvalue weighted by atomic mass is 9.99. The second kappa shape index (κ2) is 7.98. The van der Waals surface area contributed by atoms with Crippen molar-refractivity contribution in [1.82, 2.24) is 5.32 Å². The van der Waals surface area contributed by atoms with Crippen molar-refractivity contribution in [3.8, 4) is 0 Å². The van der Waals surface area contributed by atoms with Gasteiger partial charge in [-0.1, -0.05) is 50.4 Å². The summed E-state index contributed by atoms with van der Waals surface area (Å²) in [6.45, 7) is 5.41. The van der Waals surface area contributed by atoms with Gasteiger partial charge in [-0.05, 0) is 12.0 Å². The topological polar surface area (TPSA) is 12.0 Å². The lowest BCUT2D eigenvalue weighted by Crippen LogP contribution is -2.28.